The Bertz CT molecular complexity index is 1160. The Balaban J connectivity index is 0.000000406. The second-order valence-electron chi connectivity index (χ2n) is 8.13. The van der Waals surface area contributed by atoms with Gasteiger partial charge >= 0.3 is 12.1 Å². The molecule has 3 aromatic rings. The summed E-state index contributed by atoms with van der Waals surface area (Å²) >= 11 is 0. The summed E-state index contributed by atoms with van der Waals surface area (Å²) in [6.07, 6.45) is -0.0808. The number of carboxylic acid groups (broad SMARTS) is 1. The fourth-order valence-corrected chi connectivity index (χ4v) is 3.03. The predicted molar refractivity (Wildman–Crippen MR) is 119 cm³/mol. The van der Waals surface area contributed by atoms with Crippen LogP contribution in [0.2, 0.25) is 0 Å². The van der Waals surface area contributed by atoms with E-state index < -0.39 is 12.1 Å². The SMILES string of the molecule is Cc1ccc(-c2cn(CCC3(N)CC3)nn2)cc1C(=O)Nc1ccccc1.O=C(O)C(F)(F)F. The molecule has 0 unspecified atom stereocenters. The summed E-state index contributed by atoms with van der Waals surface area (Å²) in [7, 11) is 0. The highest BCUT2D eigenvalue weighted by atomic mass is 19.4. The highest BCUT2D eigenvalue weighted by molar-refractivity contribution is 6.05. The maximum absolute atomic E-state index is 12.7. The lowest BCUT2D eigenvalue weighted by atomic mass is 10.0. The standard InChI is InChI=1S/C21H23N5O.C2HF3O2/c1-15-7-8-16(13-18(15)20(27)23-17-5-3-2-4-6-17)19-14-26(25-24-19)12-11-21(22)9-10-21;3-2(4,5)1(6)7/h2-8,13-14H,9-12,22H2,1H3,(H,23,27);(H,6,7). The summed E-state index contributed by atoms with van der Waals surface area (Å²) in [4.78, 5) is 21.6. The number of carbonyl (C=O) groups excluding carboxylic acids is 1. The molecule has 1 aliphatic carbocycles. The van der Waals surface area contributed by atoms with E-state index in [0.717, 1.165) is 48.3 Å². The zero-order chi connectivity index (χ0) is 24.9. The van der Waals surface area contributed by atoms with Crippen molar-refractivity contribution >= 4 is 17.6 Å². The van der Waals surface area contributed by atoms with Crippen molar-refractivity contribution in [2.45, 2.75) is 44.4 Å². The van der Waals surface area contributed by atoms with Crippen molar-refractivity contribution in [2.24, 2.45) is 5.73 Å². The van der Waals surface area contributed by atoms with Gasteiger partial charge < -0.3 is 16.2 Å². The van der Waals surface area contributed by atoms with Gasteiger partial charge in [0.2, 0.25) is 0 Å². The van der Waals surface area contributed by atoms with Crippen molar-refractivity contribution in [1.29, 1.82) is 0 Å². The van der Waals surface area contributed by atoms with E-state index in [9.17, 15) is 18.0 Å². The number of para-hydroxylation sites is 1. The molecule has 4 N–H and O–H groups in total. The number of nitrogens with one attached hydrogen (secondary N) is 1. The van der Waals surface area contributed by atoms with Gasteiger partial charge in [0.15, 0.2) is 0 Å². The lowest BCUT2D eigenvalue weighted by molar-refractivity contribution is -0.192. The summed E-state index contributed by atoms with van der Waals surface area (Å²) in [5.74, 6) is -2.89. The first kappa shape index (κ1) is 24.9. The van der Waals surface area contributed by atoms with Gasteiger partial charge in [0.05, 0.1) is 6.20 Å². The molecule has 0 atom stereocenters. The normalized spacial score (nSPS) is 14.0. The van der Waals surface area contributed by atoms with E-state index in [1.54, 1.807) is 0 Å². The van der Waals surface area contributed by atoms with Crippen molar-refractivity contribution in [3.05, 3.63) is 65.9 Å². The number of halogens is 3. The van der Waals surface area contributed by atoms with Crippen molar-refractivity contribution in [1.82, 2.24) is 15.0 Å². The van der Waals surface area contributed by atoms with Gasteiger partial charge in [0, 0.05) is 28.9 Å². The molecule has 11 heteroatoms. The summed E-state index contributed by atoms with van der Waals surface area (Å²) in [6.45, 7) is 2.69. The number of nitrogens with two attached hydrogens (primary N) is 1. The number of aromatic nitrogens is 3. The Labute approximate surface area is 193 Å². The first-order valence-electron chi connectivity index (χ1n) is 10.4. The summed E-state index contributed by atoms with van der Waals surface area (Å²) in [5.41, 5.74) is 10.1. The van der Waals surface area contributed by atoms with Crippen molar-refractivity contribution in [3.63, 3.8) is 0 Å². The molecule has 0 radical (unpaired) electrons. The third-order valence-electron chi connectivity index (χ3n) is 5.32. The Morgan fingerprint density at radius 3 is 2.41 bits per heavy atom. The molecule has 34 heavy (non-hydrogen) atoms. The summed E-state index contributed by atoms with van der Waals surface area (Å²) in [6, 6.07) is 15.2. The molecule has 1 aromatic heterocycles. The van der Waals surface area contributed by atoms with Gasteiger partial charge in [-0.25, -0.2) is 4.79 Å². The number of alkyl halides is 3. The van der Waals surface area contributed by atoms with Crippen LogP contribution in [-0.2, 0) is 11.3 Å². The first-order valence-corrected chi connectivity index (χ1v) is 10.4. The van der Waals surface area contributed by atoms with Gasteiger partial charge in [-0.15, -0.1) is 5.10 Å². The van der Waals surface area contributed by atoms with Crippen LogP contribution in [-0.4, -0.2) is 43.7 Å². The van der Waals surface area contributed by atoms with Crippen LogP contribution in [0, 0.1) is 6.92 Å². The molecule has 1 aliphatic rings. The number of hydrogen-bond acceptors (Lipinski definition) is 5. The molecule has 1 heterocycles. The second-order valence-corrected chi connectivity index (χ2v) is 8.13. The second kappa shape index (κ2) is 10.0. The van der Waals surface area contributed by atoms with Gasteiger partial charge in [-0.2, -0.15) is 13.2 Å². The van der Waals surface area contributed by atoms with Crippen LogP contribution in [0.15, 0.2) is 54.7 Å². The number of amides is 1. The molecule has 0 aliphatic heterocycles. The average molecular weight is 475 g/mol. The fraction of sp³-hybridized carbons (Fsp3) is 0.304. The molecular weight excluding hydrogens is 451 g/mol. The number of carboxylic acids is 1. The maximum atomic E-state index is 12.7. The molecule has 0 bridgehead atoms. The molecule has 4 rings (SSSR count). The molecular formula is C23H24F3N5O3. The molecule has 1 fully saturated rings. The third kappa shape index (κ3) is 6.88. The van der Waals surface area contributed by atoms with E-state index >= 15 is 0 Å². The van der Waals surface area contributed by atoms with Crippen LogP contribution in [0.25, 0.3) is 11.3 Å². The Kier molecular flexibility index (Phi) is 7.35. The average Bonchev–Trinajstić information content (AvgIpc) is 3.33. The minimum Gasteiger partial charge on any atom is -0.475 e. The maximum Gasteiger partial charge on any atom is 0.490 e. The summed E-state index contributed by atoms with van der Waals surface area (Å²) < 4.78 is 33.6. The number of aliphatic carboxylic acids is 1. The van der Waals surface area contributed by atoms with Crippen molar-refractivity contribution < 1.29 is 27.9 Å². The van der Waals surface area contributed by atoms with E-state index in [4.69, 9.17) is 15.6 Å². The van der Waals surface area contributed by atoms with Crippen LogP contribution < -0.4 is 11.1 Å². The highest BCUT2D eigenvalue weighted by Gasteiger charge is 2.38. The Morgan fingerprint density at radius 2 is 1.82 bits per heavy atom. The largest absolute Gasteiger partial charge is 0.490 e. The Hall–Kier alpha value is -3.73. The molecule has 0 saturated heterocycles. The molecule has 8 nitrogen and oxygen atoms in total. The monoisotopic (exact) mass is 475 g/mol. The Morgan fingerprint density at radius 1 is 1.18 bits per heavy atom. The topological polar surface area (TPSA) is 123 Å². The minimum absolute atomic E-state index is 0.00132. The van der Waals surface area contributed by atoms with Gasteiger partial charge in [-0.05, 0) is 49.9 Å². The zero-order valence-electron chi connectivity index (χ0n) is 18.3. The van der Waals surface area contributed by atoms with Gasteiger partial charge in [-0.3, -0.25) is 9.48 Å². The van der Waals surface area contributed by atoms with Crippen LogP contribution in [0.1, 0.15) is 35.2 Å². The lowest BCUT2D eigenvalue weighted by Gasteiger charge is -2.09. The van der Waals surface area contributed by atoms with Gasteiger partial charge in [0.25, 0.3) is 5.91 Å². The van der Waals surface area contributed by atoms with E-state index in [2.05, 4.69) is 15.6 Å². The van der Waals surface area contributed by atoms with E-state index in [1.165, 1.54) is 0 Å². The molecule has 0 spiro atoms. The smallest absolute Gasteiger partial charge is 0.475 e. The van der Waals surface area contributed by atoms with Crippen LogP contribution >= 0.6 is 0 Å². The summed E-state index contributed by atoms with van der Waals surface area (Å²) in [5, 5.41) is 18.5. The van der Waals surface area contributed by atoms with E-state index in [1.807, 2.05) is 66.3 Å². The number of benzene rings is 2. The fourth-order valence-electron chi connectivity index (χ4n) is 3.03. The minimum atomic E-state index is -5.08. The number of aryl methyl sites for hydroxylation is 2. The predicted octanol–water partition coefficient (Wildman–Crippen LogP) is 4.02. The zero-order valence-corrected chi connectivity index (χ0v) is 18.3. The van der Waals surface area contributed by atoms with Crippen LogP contribution in [0.3, 0.4) is 0 Å². The van der Waals surface area contributed by atoms with Gasteiger partial charge in [-0.1, -0.05) is 35.5 Å². The number of carbonyl (C=O) groups is 2. The van der Waals surface area contributed by atoms with E-state index in [0.29, 0.717) is 5.56 Å². The molecule has 1 saturated carbocycles. The number of rotatable bonds is 6. The first-order chi connectivity index (χ1) is 16.0. The van der Waals surface area contributed by atoms with Crippen molar-refractivity contribution in [3.8, 4) is 11.3 Å². The molecule has 2 aromatic carbocycles. The number of hydrogen-bond donors (Lipinski definition) is 3. The molecule has 180 valence electrons. The number of nitrogens with zero attached hydrogens (tertiary/aromatic N) is 3. The van der Waals surface area contributed by atoms with Crippen LogP contribution in [0.5, 0.6) is 0 Å². The highest BCUT2D eigenvalue weighted by Crippen LogP contribution is 2.35. The lowest BCUT2D eigenvalue weighted by Crippen LogP contribution is -2.23. The van der Waals surface area contributed by atoms with Crippen molar-refractivity contribution in [2.75, 3.05) is 5.32 Å². The van der Waals surface area contributed by atoms with E-state index in [-0.39, 0.29) is 11.4 Å². The number of anilines is 1. The quantitative estimate of drug-likeness (QED) is 0.495. The third-order valence-corrected chi connectivity index (χ3v) is 5.32. The molecule has 1 amide bonds. The van der Waals surface area contributed by atoms with Gasteiger partial charge in [0.1, 0.15) is 5.69 Å². The van der Waals surface area contributed by atoms with Crippen LogP contribution in [0.4, 0.5) is 18.9 Å².